The summed E-state index contributed by atoms with van der Waals surface area (Å²) in [6.07, 6.45) is 3.43. The van der Waals surface area contributed by atoms with Gasteiger partial charge in [-0.15, -0.1) is 11.3 Å². The van der Waals surface area contributed by atoms with Crippen LogP contribution in [0.25, 0.3) is 10.7 Å². The summed E-state index contributed by atoms with van der Waals surface area (Å²) in [4.78, 5) is 21.2. The van der Waals surface area contributed by atoms with Crippen LogP contribution in [-0.4, -0.2) is 35.0 Å². The molecule has 0 unspecified atom stereocenters. The van der Waals surface area contributed by atoms with Crippen LogP contribution in [0.15, 0.2) is 16.7 Å². The molecule has 0 spiro atoms. The van der Waals surface area contributed by atoms with Crippen LogP contribution < -0.4 is 0 Å². The predicted molar refractivity (Wildman–Crippen MR) is 88.1 cm³/mol. The number of aromatic nitrogens is 2. The van der Waals surface area contributed by atoms with Crippen LogP contribution in [-0.2, 0) is 4.79 Å². The summed E-state index contributed by atoms with van der Waals surface area (Å²) in [5.74, 6) is 2.57. The highest BCUT2D eigenvalue weighted by molar-refractivity contribution is 7.15. The van der Waals surface area contributed by atoms with Gasteiger partial charge in [0, 0.05) is 19.0 Å². The Morgan fingerprint density at radius 3 is 2.78 bits per heavy atom. The fourth-order valence-electron chi connectivity index (χ4n) is 4.33. The third kappa shape index (κ3) is 2.40. The first kappa shape index (κ1) is 14.9. The molecule has 2 fully saturated rings. The number of thiophene rings is 1. The molecule has 4 rings (SSSR count). The highest BCUT2D eigenvalue weighted by Crippen LogP contribution is 2.56. The minimum atomic E-state index is 0.00196. The molecule has 0 radical (unpaired) electrons. The number of nitrogens with zero attached hydrogens (tertiary/aromatic N) is 3. The summed E-state index contributed by atoms with van der Waals surface area (Å²) in [6.45, 7) is 2.07. The van der Waals surface area contributed by atoms with E-state index in [1.807, 2.05) is 20.2 Å². The van der Waals surface area contributed by atoms with Crippen LogP contribution in [0.2, 0.25) is 0 Å². The van der Waals surface area contributed by atoms with Gasteiger partial charge in [-0.25, -0.2) is 0 Å². The van der Waals surface area contributed by atoms with Crippen LogP contribution in [0.1, 0.15) is 35.9 Å². The summed E-state index contributed by atoms with van der Waals surface area (Å²) in [7, 11) is 3.66. The van der Waals surface area contributed by atoms with E-state index in [1.165, 1.54) is 11.3 Å². The van der Waals surface area contributed by atoms with Gasteiger partial charge in [-0.2, -0.15) is 4.98 Å². The van der Waals surface area contributed by atoms with Crippen LogP contribution in [0.5, 0.6) is 0 Å². The van der Waals surface area contributed by atoms with Gasteiger partial charge in [0.2, 0.25) is 17.6 Å². The molecule has 0 aromatic carbocycles. The Balaban J connectivity index is 1.66. The average Bonchev–Trinajstić information content (AvgIpc) is 3.28. The minimum Gasteiger partial charge on any atom is -0.349 e. The van der Waals surface area contributed by atoms with Crippen LogP contribution in [0.4, 0.5) is 0 Å². The van der Waals surface area contributed by atoms with E-state index in [0.29, 0.717) is 23.6 Å². The molecule has 6 heteroatoms. The van der Waals surface area contributed by atoms with Gasteiger partial charge in [0.1, 0.15) is 0 Å². The molecule has 4 atom stereocenters. The van der Waals surface area contributed by atoms with E-state index in [2.05, 4.69) is 23.1 Å². The molecule has 1 amide bonds. The van der Waals surface area contributed by atoms with E-state index >= 15 is 0 Å². The van der Waals surface area contributed by atoms with Crippen molar-refractivity contribution < 1.29 is 9.32 Å². The number of carbonyl (C=O) groups excluding carboxylic acids is 1. The van der Waals surface area contributed by atoms with Gasteiger partial charge in [0.25, 0.3) is 0 Å². The number of amides is 1. The maximum absolute atomic E-state index is 12.6. The lowest BCUT2D eigenvalue weighted by atomic mass is 9.78. The number of aryl methyl sites for hydroxylation is 1. The van der Waals surface area contributed by atoms with E-state index in [1.54, 1.807) is 16.2 Å². The summed E-state index contributed by atoms with van der Waals surface area (Å²) in [6, 6.07) is 4.09. The number of fused-ring (bicyclic) bond motifs is 2. The molecule has 23 heavy (non-hydrogen) atoms. The Kier molecular flexibility index (Phi) is 3.52. The van der Waals surface area contributed by atoms with Gasteiger partial charge in [0.05, 0.1) is 16.7 Å². The molecule has 2 aliphatic carbocycles. The van der Waals surface area contributed by atoms with Gasteiger partial charge < -0.3 is 9.42 Å². The van der Waals surface area contributed by atoms with Crippen molar-refractivity contribution in [1.82, 2.24) is 15.0 Å². The number of hydrogen-bond donors (Lipinski definition) is 0. The van der Waals surface area contributed by atoms with E-state index in [4.69, 9.17) is 4.52 Å². The first-order valence-corrected chi connectivity index (χ1v) is 8.98. The van der Waals surface area contributed by atoms with Crippen molar-refractivity contribution in [2.45, 2.75) is 32.1 Å². The van der Waals surface area contributed by atoms with Crippen LogP contribution in [0, 0.1) is 24.7 Å². The molecular formula is C17H21N3O2S. The zero-order valence-electron chi connectivity index (χ0n) is 13.7. The molecule has 2 heterocycles. The monoisotopic (exact) mass is 331 g/mol. The van der Waals surface area contributed by atoms with E-state index in [9.17, 15) is 4.79 Å². The van der Waals surface area contributed by atoms with Crippen molar-refractivity contribution in [2.24, 2.45) is 17.8 Å². The van der Waals surface area contributed by atoms with Crippen LogP contribution in [0.3, 0.4) is 0 Å². The smallest absolute Gasteiger partial charge is 0.231 e. The third-order valence-corrected chi connectivity index (χ3v) is 6.33. The van der Waals surface area contributed by atoms with E-state index < -0.39 is 0 Å². The lowest BCUT2D eigenvalue weighted by molar-refractivity contribution is -0.135. The molecule has 2 bridgehead atoms. The summed E-state index contributed by atoms with van der Waals surface area (Å²) in [5, 5.41) is 4.17. The normalized spacial score (nSPS) is 29.2. The minimum absolute atomic E-state index is 0.00196. The van der Waals surface area contributed by atoms with Crippen molar-refractivity contribution in [1.29, 1.82) is 0 Å². The molecule has 122 valence electrons. The number of rotatable bonds is 3. The first-order chi connectivity index (χ1) is 11.0. The molecule has 0 N–H and O–H groups in total. The molecule has 0 aliphatic heterocycles. The lowest BCUT2D eigenvalue weighted by Gasteiger charge is -2.29. The Morgan fingerprint density at radius 2 is 2.09 bits per heavy atom. The Labute approximate surface area is 139 Å². The van der Waals surface area contributed by atoms with Crippen molar-refractivity contribution in [2.75, 3.05) is 14.1 Å². The highest BCUT2D eigenvalue weighted by atomic mass is 32.1. The van der Waals surface area contributed by atoms with Gasteiger partial charge in [-0.3, -0.25) is 4.79 Å². The maximum atomic E-state index is 12.6. The number of carbonyl (C=O) groups is 1. The van der Waals surface area contributed by atoms with Crippen molar-refractivity contribution >= 4 is 17.2 Å². The molecule has 2 saturated carbocycles. The summed E-state index contributed by atoms with van der Waals surface area (Å²) in [5.41, 5.74) is 0. The predicted octanol–water partition coefficient (Wildman–Crippen LogP) is 3.32. The average molecular weight is 331 g/mol. The zero-order chi connectivity index (χ0) is 16.1. The van der Waals surface area contributed by atoms with E-state index in [0.717, 1.165) is 17.7 Å². The molecular weight excluding hydrogens is 310 g/mol. The molecule has 2 aliphatic rings. The quantitative estimate of drug-likeness (QED) is 0.865. The second kappa shape index (κ2) is 5.44. The summed E-state index contributed by atoms with van der Waals surface area (Å²) >= 11 is 1.66. The topological polar surface area (TPSA) is 59.2 Å². The van der Waals surface area contributed by atoms with Crippen molar-refractivity contribution in [3.8, 4) is 10.7 Å². The highest BCUT2D eigenvalue weighted by Gasteiger charge is 2.53. The lowest BCUT2D eigenvalue weighted by Crippen LogP contribution is -2.36. The number of hydrogen-bond acceptors (Lipinski definition) is 5. The van der Waals surface area contributed by atoms with E-state index in [-0.39, 0.29) is 17.7 Å². The zero-order valence-corrected chi connectivity index (χ0v) is 14.5. The van der Waals surface area contributed by atoms with Gasteiger partial charge in [-0.1, -0.05) is 5.16 Å². The molecule has 0 saturated heterocycles. The first-order valence-electron chi connectivity index (χ1n) is 8.16. The maximum Gasteiger partial charge on any atom is 0.231 e. The largest absolute Gasteiger partial charge is 0.349 e. The van der Waals surface area contributed by atoms with Gasteiger partial charge in [-0.05, 0) is 50.2 Å². The second-order valence-electron chi connectivity index (χ2n) is 6.98. The fraction of sp³-hybridized carbons (Fsp3) is 0.588. The van der Waals surface area contributed by atoms with Crippen molar-refractivity contribution in [3.05, 3.63) is 22.9 Å². The Morgan fingerprint density at radius 1 is 1.30 bits per heavy atom. The fourth-order valence-corrected chi connectivity index (χ4v) is 5.12. The summed E-state index contributed by atoms with van der Waals surface area (Å²) < 4.78 is 5.60. The van der Waals surface area contributed by atoms with Gasteiger partial charge >= 0.3 is 0 Å². The van der Waals surface area contributed by atoms with Crippen molar-refractivity contribution in [3.63, 3.8) is 0 Å². The Bertz CT molecular complexity index is 736. The molecule has 2 aromatic rings. The SMILES string of the molecule is Cc1ccc(-c2noc([C@H]3[C@@H]4CC[C@@H](C4)[C@@H]3C(=O)N(C)C)n2)s1. The van der Waals surface area contributed by atoms with Gasteiger partial charge in [0.15, 0.2) is 0 Å². The second-order valence-corrected chi connectivity index (χ2v) is 8.27. The Hall–Kier alpha value is -1.69. The van der Waals surface area contributed by atoms with Crippen LogP contribution >= 0.6 is 11.3 Å². The molecule has 2 aromatic heterocycles. The third-order valence-electron chi connectivity index (χ3n) is 5.33. The standard InChI is InChI=1S/C17H21N3O2S/c1-9-4-7-12(23-9)15-18-16(22-19-15)13-10-5-6-11(8-10)14(13)17(21)20(2)3/h4,7,10-11,13-14H,5-6,8H2,1-3H3/t10-,11+,13+,14+/m1/s1. The molecule has 5 nitrogen and oxygen atoms in total.